The van der Waals surface area contributed by atoms with Crippen LogP contribution in [0.25, 0.3) is 0 Å². The maximum atomic E-state index is 10.8. The summed E-state index contributed by atoms with van der Waals surface area (Å²) in [7, 11) is 2.33. The molecule has 3 nitrogen and oxygen atoms in total. The van der Waals surface area contributed by atoms with Crippen LogP contribution in [-0.4, -0.2) is 64.3 Å². The topological polar surface area (TPSA) is 32.7 Å². The van der Waals surface area contributed by atoms with E-state index in [4.69, 9.17) is 4.74 Å². The minimum absolute atomic E-state index is 0.0909. The summed E-state index contributed by atoms with van der Waals surface area (Å²) in [5.41, 5.74) is -0.288. The van der Waals surface area contributed by atoms with Crippen LogP contribution < -0.4 is 0 Å². The summed E-state index contributed by atoms with van der Waals surface area (Å²) in [4.78, 5) is 2.61. The van der Waals surface area contributed by atoms with Gasteiger partial charge in [0.2, 0.25) is 0 Å². The molecule has 0 aromatic heterocycles. The molecular weight excluding hydrogens is 453 g/mol. The van der Waals surface area contributed by atoms with Crippen LogP contribution in [0.5, 0.6) is 0 Å². The first-order valence-electron chi connectivity index (χ1n) is 12.1. The maximum absolute atomic E-state index is 10.8. The van der Waals surface area contributed by atoms with E-state index in [0.29, 0.717) is 0 Å². The van der Waals surface area contributed by atoms with Crippen molar-refractivity contribution < 1.29 is 9.84 Å². The molecule has 5 atom stereocenters. The van der Waals surface area contributed by atoms with E-state index in [9.17, 15) is 5.11 Å². The first kappa shape index (κ1) is 24.7. The summed E-state index contributed by atoms with van der Waals surface area (Å²) in [6.07, 6.45) is 12.6. The average molecular weight is 500 g/mol. The molecule has 0 aliphatic carbocycles. The summed E-state index contributed by atoms with van der Waals surface area (Å²) in [6.45, 7) is 12.3. The Morgan fingerprint density at radius 1 is 1.00 bits per heavy atom. The van der Waals surface area contributed by atoms with E-state index in [1.54, 1.807) is 13.3 Å². The third-order valence-electron chi connectivity index (χ3n) is 7.57. The van der Waals surface area contributed by atoms with Crippen molar-refractivity contribution in [2.45, 2.75) is 104 Å². The van der Waals surface area contributed by atoms with Gasteiger partial charge in [0.25, 0.3) is 0 Å². The van der Waals surface area contributed by atoms with Crippen LogP contribution in [0, 0.1) is 11.8 Å². The van der Waals surface area contributed by atoms with E-state index in [1.807, 2.05) is 0 Å². The Labute approximate surface area is 179 Å². The van der Waals surface area contributed by atoms with E-state index in [0.717, 1.165) is 6.54 Å². The molecule has 0 spiro atoms. The average Bonchev–Trinajstić information content (AvgIpc) is 3.08. The second kappa shape index (κ2) is 11.2. The molecule has 3 unspecified atom stereocenters. The van der Waals surface area contributed by atoms with Gasteiger partial charge < -0.3 is 0 Å². The molecule has 4 heteroatoms. The van der Waals surface area contributed by atoms with E-state index >= 15 is 0 Å². The van der Waals surface area contributed by atoms with Crippen molar-refractivity contribution in [3.8, 4) is 0 Å². The monoisotopic (exact) mass is 501 g/mol. The zero-order valence-electron chi connectivity index (χ0n) is 19.5. The Kier molecular flexibility index (Phi) is 9.83. The number of unbranched alkanes of at least 4 members (excludes halogenated alkanes) is 3. The van der Waals surface area contributed by atoms with Gasteiger partial charge >= 0.3 is 180 Å². The van der Waals surface area contributed by atoms with Gasteiger partial charge in [0, 0.05) is 0 Å². The van der Waals surface area contributed by atoms with Gasteiger partial charge in [-0.3, -0.25) is 0 Å². The summed E-state index contributed by atoms with van der Waals surface area (Å²) in [6, 6.07) is 0. The summed E-state index contributed by atoms with van der Waals surface area (Å²) in [5.74, 6) is 0.357. The zero-order valence-corrected chi connectivity index (χ0v) is 22.4. The quantitative estimate of drug-likeness (QED) is 0.262. The Balaban J connectivity index is 2.11. The molecule has 1 fully saturated rings. The molecule has 164 valence electrons. The van der Waals surface area contributed by atoms with Crippen molar-refractivity contribution in [3.05, 3.63) is 12.2 Å². The second-order valence-electron chi connectivity index (χ2n) is 10.0. The van der Waals surface area contributed by atoms with Crippen LogP contribution in [0.2, 0.25) is 13.3 Å². The van der Waals surface area contributed by atoms with Crippen LogP contribution in [0.3, 0.4) is 0 Å². The standard InChI is InChI=1S/C12H20NO2.3C4H9.Sn/c1-8-10-5-6-12(15-10,7-13(3)4)9(2)11(8)14;3*1-3-4-2;/h5-6,8-11,14H,3,7H2,1-2,4H3;3*1,3-4H2,2H3;/t8?,9?,10-,11?,12-;;;;/m1..../s1. The van der Waals surface area contributed by atoms with Crippen molar-refractivity contribution >= 4 is 18.4 Å². The van der Waals surface area contributed by atoms with Gasteiger partial charge in [-0.2, -0.15) is 0 Å². The normalized spacial score (nSPS) is 32.4. The number of ether oxygens (including phenoxy) is 1. The Hall–Kier alpha value is 0.419. The molecule has 1 N–H and O–H groups in total. The van der Waals surface area contributed by atoms with Crippen molar-refractivity contribution in [3.63, 3.8) is 0 Å². The molecule has 2 aliphatic heterocycles. The number of hydrogen-bond acceptors (Lipinski definition) is 3. The third kappa shape index (κ3) is 5.76. The van der Waals surface area contributed by atoms with Gasteiger partial charge in [0.15, 0.2) is 0 Å². The van der Waals surface area contributed by atoms with E-state index in [2.05, 4.69) is 58.7 Å². The van der Waals surface area contributed by atoms with Gasteiger partial charge in [-0.15, -0.1) is 0 Å². The predicted molar refractivity (Wildman–Crippen MR) is 123 cm³/mol. The number of aliphatic hydroxyl groups is 1. The van der Waals surface area contributed by atoms with Crippen LogP contribution in [0.4, 0.5) is 0 Å². The summed E-state index contributed by atoms with van der Waals surface area (Å²) >= 11 is -2.20. The fraction of sp³-hybridized carbons (Fsp3) is 0.917. The molecule has 1 saturated heterocycles. The molecule has 0 radical (unpaired) electrons. The van der Waals surface area contributed by atoms with Gasteiger partial charge in [-0.25, -0.2) is 0 Å². The first-order chi connectivity index (χ1) is 13.3. The van der Waals surface area contributed by atoms with Crippen molar-refractivity contribution in [1.82, 2.24) is 4.90 Å². The fourth-order valence-electron chi connectivity index (χ4n) is 5.62. The molecule has 2 heterocycles. The van der Waals surface area contributed by atoms with Crippen molar-refractivity contribution in [1.29, 1.82) is 0 Å². The third-order valence-corrected chi connectivity index (χ3v) is 23.1. The molecule has 0 amide bonds. The Morgan fingerprint density at radius 3 is 2.04 bits per heavy atom. The number of likely N-dealkylation sites (N-methyl/N-ethyl adjacent to an activating group) is 1. The molecule has 2 aliphatic rings. The van der Waals surface area contributed by atoms with Crippen molar-refractivity contribution in [2.24, 2.45) is 11.8 Å². The van der Waals surface area contributed by atoms with Gasteiger partial charge in [0.05, 0.1) is 0 Å². The van der Waals surface area contributed by atoms with Crippen LogP contribution in [-0.2, 0) is 4.74 Å². The number of hydrogen-bond donors (Lipinski definition) is 1. The zero-order chi connectivity index (χ0) is 20.8. The van der Waals surface area contributed by atoms with E-state index < -0.39 is 18.4 Å². The van der Waals surface area contributed by atoms with Gasteiger partial charge in [-0.05, 0) is 0 Å². The first-order valence-corrected chi connectivity index (χ1v) is 20.1. The molecule has 0 aromatic carbocycles. The van der Waals surface area contributed by atoms with Crippen molar-refractivity contribution in [2.75, 3.05) is 18.2 Å². The number of fused-ring (bicyclic) bond motifs is 2. The van der Waals surface area contributed by atoms with Crippen LogP contribution in [0.1, 0.15) is 73.1 Å². The van der Waals surface area contributed by atoms with Gasteiger partial charge in [0.1, 0.15) is 0 Å². The fourth-order valence-corrected chi connectivity index (χ4v) is 22.2. The van der Waals surface area contributed by atoms with Crippen LogP contribution in [0.15, 0.2) is 12.2 Å². The summed E-state index contributed by atoms with van der Waals surface area (Å²) in [5, 5.41) is 10.8. The predicted octanol–water partition coefficient (Wildman–Crippen LogP) is 5.65. The minimum atomic E-state index is -2.20. The Morgan fingerprint density at radius 2 is 1.54 bits per heavy atom. The molecule has 2 rings (SSSR count). The number of nitrogens with zero attached hydrogens (tertiary/aromatic N) is 1. The number of aliphatic hydroxyl groups excluding tert-OH is 1. The summed E-state index contributed by atoms with van der Waals surface area (Å²) < 4.78 is 12.5. The SMILES string of the molecule is CCC[CH2][Sn]([CH2]CCC)([CH2]CCC)[CH2]N(C)C[C@@]12C=C[C@@H](O1)C(C)C(O)C2C. The van der Waals surface area contributed by atoms with Gasteiger partial charge in [-0.1, -0.05) is 0 Å². The second-order valence-corrected chi connectivity index (χ2v) is 23.8. The molecule has 2 bridgehead atoms. The van der Waals surface area contributed by atoms with E-state index in [-0.39, 0.29) is 29.6 Å². The molecular formula is C24H47NO2Sn. The van der Waals surface area contributed by atoms with E-state index in [1.165, 1.54) is 43.1 Å². The molecule has 0 saturated carbocycles. The molecule has 0 aromatic rings. The Bertz CT molecular complexity index is 475. The van der Waals surface area contributed by atoms with Crippen LogP contribution >= 0.6 is 0 Å². The number of rotatable bonds is 13. The molecule has 28 heavy (non-hydrogen) atoms.